The van der Waals surface area contributed by atoms with Gasteiger partial charge >= 0.3 is 0 Å². The molecular weight excluding hydrogens is 304 g/mol. The van der Waals surface area contributed by atoms with E-state index >= 15 is 0 Å². The SMILES string of the molecule is COc1cc(C=NNC(=O)Cc2ccc(Cl)cc2)ccc1O. The first-order valence-electron chi connectivity index (χ1n) is 6.52. The van der Waals surface area contributed by atoms with Crippen molar-refractivity contribution in [3.8, 4) is 11.5 Å². The number of amides is 1. The van der Waals surface area contributed by atoms with Gasteiger partial charge in [-0.15, -0.1) is 0 Å². The maximum absolute atomic E-state index is 11.7. The van der Waals surface area contributed by atoms with E-state index < -0.39 is 0 Å². The molecule has 0 radical (unpaired) electrons. The molecule has 0 aliphatic carbocycles. The largest absolute Gasteiger partial charge is 0.504 e. The first-order valence-corrected chi connectivity index (χ1v) is 6.89. The second kappa shape index (κ2) is 7.47. The molecule has 2 N–H and O–H groups in total. The summed E-state index contributed by atoms with van der Waals surface area (Å²) in [6.07, 6.45) is 1.69. The number of carbonyl (C=O) groups is 1. The first kappa shape index (κ1) is 15.9. The van der Waals surface area contributed by atoms with Crippen molar-refractivity contribution in [3.63, 3.8) is 0 Å². The number of nitrogens with zero attached hydrogens (tertiary/aromatic N) is 1. The molecule has 114 valence electrons. The van der Waals surface area contributed by atoms with E-state index in [-0.39, 0.29) is 18.1 Å². The Hall–Kier alpha value is -2.53. The summed E-state index contributed by atoms with van der Waals surface area (Å²) in [6, 6.07) is 11.8. The number of halogens is 1. The van der Waals surface area contributed by atoms with Crippen LogP contribution in [0.3, 0.4) is 0 Å². The lowest BCUT2D eigenvalue weighted by Crippen LogP contribution is -2.19. The summed E-state index contributed by atoms with van der Waals surface area (Å²) in [6.45, 7) is 0. The van der Waals surface area contributed by atoms with Gasteiger partial charge in [0, 0.05) is 5.02 Å². The quantitative estimate of drug-likeness (QED) is 0.658. The van der Waals surface area contributed by atoms with Crippen molar-refractivity contribution in [3.05, 3.63) is 58.6 Å². The number of rotatable bonds is 5. The molecule has 6 heteroatoms. The zero-order valence-electron chi connectivity index (χ0n) is 11.9. The zero-order valence-corrected chi connectivity index (χ0v) is 12.7. The fourth-order valence-corrected chi connectivity index (χ4v) is 1.91. The molecule has 2 aromatic rings. The molecule has 22 heavy (non-hydrogen) atoms. The molecule has 0 aliphatic rings. The van der Waals surface area contributed by atoms with E-state index in [1.807, 2.05) is 0 Å². The van der Waals surface area contributed by atoms with E-state index in [0.717, 1.165) is 5.56 Å². The fraction of sp³-hybridized carbons (Fsp3) is 0.125. The minimum absolute atomic E-state index is 0.0476. The lowest BCUT2D eigenvalue weighted by molar-refractivity contribution is -0.120. The van der Waals surface area contributed by atoms with Gasteiger partial charge in [-0.1, -0.05) is 23.7 Å². The van der Waals surface area contributed by atoms with E-state index in [2.05, 4.69) is 10.5 Å². The summed E-state index contributed by atoms with van der Waals surface area (Å²) in [5.74, 6) is 0.159. The van der Waals surface area contributed by atoms with Crippen LogP contribution in [-0.4, -0.2) is 24.3 Å². The number of nitrogens with one attached hydrogen (secondary N) is 1. The van der Waals surface area contributed by atoms with Crippen molar-refractivity contribution in [1.82, 2.24) is 5.43 Å². The van der Waals surface area contributed by atoms with E-state index in [4.69, 9.17) is 16.3 Å². The highest BCUT2D eigenvalue weighted by Gasteiger charge is 2.03. The maximum Gasteiger partial charge on any atom is 0.244 e. The van der Waals surface area contributed by atoms with Crippen molar-refractivity contribution in [2.75, 3.05) is 7.11 Å². The van der Waals surface area contributed by atoms with Crippen LogP contribution in [0.4, 0.5) is 0 Å². The highest BCUT2D eigenvalue weighted by atomic mass is 35.5. The number of hydrogen-bond donors (Lipinski definition) is 2. The van der Waals surface area contributed by atoms with Crippen LogP contribution in [0.5, 0.6) is 11.5 Å². The summed E-state index contributed by atoms with van der Waals surface area (Å²) < 4.78 is 4.99. The van der Waals surface area contributed by atoms with Crippen LogP contribution in [0, 0.1) is 0 Å². The Labute approximate surface area is 133 Å². The van der Waals surface area contributed by atoms with E-state index in [9.17, 15) is 9.90 Å². The van der Waals surface area contributed by atoms with Gasteiger partial charge in [0.05, 0.1) is 19.7 Å². The molecule has 0 atom stereocenters. The first-order chi connectivity index (χ1) is 10.6. The van der Waals surface area contributed by atoms with Crippen LogP contribution in [0.15, 0.2) is 47.6 Å². The standard InChI is InChI=1S/C16H15ClN2O3/c1-22-15-8-12(4-7-14(15)20)10-18-19-16(21)9-11-2-5-13(17)6-3-11/h2-8,10,20H,9H2,1H3,(H,19,21). The predicted molar refractivity (Wildman–Crippen MR) is 85.6 cm³/mol. The molecule has 5 nitrogen and oxygen atoms in total. The predicted octanol–water partition coefficient (Wildman–Crippen LogP) is 2.75. The van der Waals surface area contributed by atoms with E-state index in [1.54, 1.807) is 36.4 Å². The third-order valence-electron chi connectivity index (χ3n) is 2.88. The van der Waals surface area contributed by atoms with Crippen LogP contribution in [0.25, 0.3) is 0 Å². The van der Waals surface area contributed by atoms with Crippen molar-refractivity contribution < 1.29 is 14.6 Å². The van der Waals surface area contributed by atoms with Gasteiger partial charge in [-0.05, 0) is 41.5 Å². The lowest BCUT2D eigenvalue weighted by Gasteiger charge is -2.03. The van der Waals surface area contributed by atoms with Crippen molar-refractivity contribution in [2.24, 2.45) is 5.10 Å². The molecule has 0 aromatic heterocycles. The number of ether oxygens (including phenoxy) is 1. The number of benzene rings is 2. The van der Waals surface area contributed by atoms with Gasteiger partial charge in [-0.2, -0.15) is 5.10 Å². The van der Waals surface area contributed by atoms with Gasteiger partial charge < -0.3 is 9.84 Å². The topological polar surface area (TPSA) is 70.9 Å². The Morgan fingerprint density at radius 2 is 2.05 bits per heavy atom. The van der Waals surface area contributed by atoms with Crippen LogP contribution in [0.2, 0.25) is 5.02 Å². The van der Waals surface area contributed by atoms with Crippen LogP contribution >= 0.6 is 11.6 Å². The molecule has 0 fully saturated rings. The van der Waals surface area contributed by atoms with Gasteiger partial charge in [0.25, 0.3) is 0 Å². The molecule has 0 bridgehead atoms. The third-order valence-corrected chi connectivity index (χ3v) is 3.14. The Morgan fingerprint density at radius 1 is 1.32 bits per heavy atom. The zero-order chi connectivity index (χ0) is 15.9. The van der Waals surface area contributed by atoms with E-state index in [1.165, 1.54) is 19.4 Å². The molecule has 0 saturated carbocycles. The minimum atomic E-state index is -0.232. The van der Waals surface area contributed by atoms with Crippen LogP contribution < -0.4 is 10.2 Å². The molecular formula is C16H15ClN2O3. The maximum atomic E-state index is 11.7. The molecule has 0 spiro atoms. The third kappa shape index (κ3) is 4.49. The minimum Gasteiger partial charge on any atom is -0.504 e. The molecule has 0 saturated heterocycles. The monoisotopic (exact) mass is 318 g/mol. The van der Waals surface area contributed by atoms with Crippen LogP contribution in [0.1, 0.15) is 11.1 Å². The highest BCUT2D eigenvalue weighted by molar-refractivity contribution is 6.30. The second-order valence-corrected chi connectivity index (χ2v) is 4.96. The Kier molecular flexibility index (Phi) is 5.38. The van der Waals surface area contributed by atoms with Gasteiger partial charge in [-0.3, -0.25) is 4.79 Å². The summed E-state index contributed by atoms with van der Waals surface area (Å²) in [4.78, 5) is 11.7. The van der Waals surface area contributed by atoms with Crippen molar-refractivity contribution in [2.45, 2.75) is 6.42 Å². The number of methoxy groups -OCH3 is 1. The number of hydrogen-bond acceptors (Lipinski definition) is 4. The summed E-state index contributed by atoms with van der Waals surface area (Å²) >= 11 is 5.78. The summed E-state index contributed by atoms with van der Waals surface area (Å²) in [5.41, 5.74) is 3.99. The summed E-state index contributed by atoms with van der Waals surface area (Å²) in [5, 5.41) is 14.0. The van der Waals surface area contributed by atoms with E-state index in [0.29, 0.717) is 16.3 Å². The smallest absolute Gasteiger partial charge is 0.244 e. The molecule has 2 aromatic carbocycles. The van der Waals surface area contributed by atoms with Gasteiger partial charge in [0.2, 0.25) is 5.91 Å². The Morgan fingerprint density at radius 3 is 2.73 bits per heavy atom. The van der Waals surface area contributed by atoms with Crippen molar-refractivity contribution in [1.29, 1.82) is 0 Å². The fourth-order valence-electron chi connectivity index (χ4n) is 1.78. The van der Waals surface area contributed by atoms with Gasteiger partial charge in [-0.25, -0.2) is 5.43 Å². The Balaban J connectivity index is 1.91. The average molecular weight is 319 g/mol. The number of phenols is 1. The number of carbonyl (C=O) groups excluding carboxylic acids is 1. The molecule has 0 aliphatic heterocycles. The molecule has 0 heterocycles. The highest BCUT2D eigenvalue weighted by Crippen LogP contribution is 2.25. The molecule has 2 rings (SSSR count). The lowest BCUT2D eigenvalue weighted by atomic mass is 10.1. The molecule has 0 unspecified atom stereocenters. The number of hydrazone groups is 1. The van der Waals surface area contributed by atoms with Crippen LogP contribution in [-0.2, 0) is 11.2 Å². The second-order valence-electron chi connectivity index (χ2n) is 4.53. The average Bonchev–Trinajstić information content (AvgIpc) is 2.51. The Bertz CT molecular complexity index is 684. The molecule has 1 amide bonds. The number of phenolic OH excluding ortho intramolecular Hbond substituents is 1. The number of aromatic hydroxyl groups is 1. The van der Waals surface area contributed by atoms with Crippen molar-refractivity contribution >= 4 is 23.7 Å². The van der Waals surface area contributed by atoms with Gasteiger partial charge in [0.1, 0.15) is 0 Å². The van der Waals surface area contributed by atoms with Gasteiger partial charge in [0.15, 0.2) is 11.5 Å². The summed E-state index contributed by atoms with van der Waals surface area (Å²) in [7, 11) is 1.46. The normalized spacial score (nSPS) is 10.6.